The molecular formula is C21H17F3N2O3S. The van der Waals surface area contributed by atoms with Crippen LogP contribution in [-0.4, -0.2) is 20.9 Å². The number of carbonyl (C=O) groups excluding carboxylic acids is 1. The summed E-state index contributed by atoms with van der Waals surface area (Å²) in [4.78, 5) is 12.4. The molecule has 156 valence electrons. The molecule has 0 atom stereocenters. The topological polar surface area (TPSA) is 66.5 Å². The van der Waals surface area contributed by atoms with Crippen LogP contribution in [0.2, 0.25) is 0 Å². The molecule has 0 bridgehead atoms. The lowest BCUT2D eigenvalue weighted by Crippen LogP contribution is -2.38. The van der Waals surface area contributed by atoms with Crippen LogP contribution in [0.1, 0.15) is 5.56 Å². The van der Waals surface area contributed by atoms with E-state index in [1.54, 1.807) is 19.1 Å². The molecule has 9 heteroatoms. The van der Waals surface area contributed by atoms with Crippen LogP contribution in [0.25, 0.3) is 0 Å². The summed E-state index contributed by atoms with van der Waals surface area (Å²) >= 11 is 0. The van der Waals surface area contributed by atoms with E-state index in [1.165, 1.54) is 24.3 Å². The van der Waals surface area contributed by atoms with Gasteiger partial charge in [-0.05, 0) is 55.5 Å². The molecular weight excluding hydrogens is 417 g/mol. The van der Waals surface area contributed by atoms with Crippen molar-refractivity contribution in [2.45, 2.75) is 11.8 Å². The number of nitrogens with one attached hydrogen (secondary N) is 1. The second-order valence-electron chi connectivity index (χ2n) is 6.45. The van der Waals surface area contributed by atoms with Crippen LogP contribution < -0.4 is 9.62 Å². The average molecular weight is 434 g/mol. The molecule has 3 aromatic rings. The predicted molar refractivity (Wildman–Crippen MR) is 107 cm³/mol. The standard InChI is InChI=1S/C21H17F3N2O3S/c1-14-5-11-17(12-6-14)30(28,29)26(16-9-7-15(22)8-10-16)13-20(27)25-21-18(23)3-2-4-19(21)24/h2-12H,13H2,1H3,(H,25,27). The van der Waals surface area contributed by atoms with Crippen molar-refractivity contribution in [2.75, 3.05) is 16.2 Å². The molecule has 0 saturated carbocycles. The number of anilines is 2. The molecule has 0 fully saturated rings. The first-order valence-corrected chi connectivity index (χ1v) is 10.2. The summed E-state index contributed by atoms with van der Waals surface area (Å²) < 4.78 is 68.0. The van der Waals surface area contributed by atoms with Gasteiger partial charge in [0.25, 0.3) is 10.0 Å². The lowest BCUT2D eigenvalue weighted by Gasteiger charge is -2.24. The third kappa shape index (κ3) is 4.62. The second-order valence-corrected chi connectivity index (χ2v) is 8.31. The van der Waals surface area contributed by atoms with Crippen LogP contribution in [0.3, 0.4) is 0 Å². The first kappa shape index (κ1) is 21.4. The quantitative estimate of drug-likeness (QED) is 0.631. The van der Waals surface area contributed by atoms with Gasteiger partial charge in [-0.3, -0.25) is 9.10 Å². The zero-order chi connectivity index (χ0) is 21.9. The molecule has 30 heavy (non-hydrogen) atoms. The Bertz CT molecular complexity index is 1140. The minimum absolute atomic E-state index is 0.0149. The van der Waals surface area contributed by atoms with E-state index in [-0.39, 0.29) is 10.6 Å². The summed E-state index contributed by atoms with van der Waals surface area (Å²) in [5.41, 5.74) is 0.158. The van der Waals surface area contributed by atoms with Crippen molar-refractivity contribution >= 4 is 27.3 Å². The summed E-state index contributed by atoms with van der Waals surface area (Å²) in [6.45, 7) is 1.00. The number of carbonyl (C=O) groups is 1. The molecule has 0 aliphatic carbocycles. The molecule has 0 spiro atoms. The first-order chi connectivity index (χ1) is 14.2. The van der Waals surface area contributed by atoms with Crippen molar-refractivity contribution in [3.05, 3.63) is 89.7 Å². The average Bonchev–Trinajstić information content (AvgIpc) is 2.70. The summed E-state index contributed by atoms with van der Waals surface area (Å²) in [6.07, 6.45) is 0. The van der Waals surface area contributed by atoms with E-state index >= 15 is 0 Å². The number of benzene rings is 3. The predicted octanol–water partition coefficient (Wildman–Crippen LogP) is 4.25. The Balaban J connectivity index is 1.96. The highest BCUT2D eigenvalue weighted by Crippen LogP contribution is 2.25. The van der Waals surface area contributed by atoms with Crippen molar-refractivity contribution in [1.82, 2.24) is 0 Å². The normalized spacial score (nSPS) is 11.2. The van der Waals surface area contributed by atoms with Crippen molar-refractivity contribution in [3.8, 4) is 0 Å². The monoisotopic (exact) mass is 434 g/mol. The maximum atomic E-state index is 13.8. The largest absolute Gasteiger partial charge is 0.320 e. The van der Waals surface area contributed by atoms with Crippen molar-refractivity contribution in [3.63, 3.8) is 0 Å². The smallest absolute Gasteiger partial charge is 0.264 e. The molecule has 3 aromatic carbocycles. The van der Waals surface area contributed by atoms with E-state index in [9.17, 15) is 26.4 Å². The molecule has 0 aliphatic rings. The van der Waals surface area contributed by atoms with Gasteiger partial charge in [-0.15, -0.1) is 0 Å². The van der Waals surface area contributed by atoms with E-state index in [0.29, 0.717) is 0 Å². The molecule has 1 amide bonds. The van der Waals surface area contributed by atoms with Crippen molar-refractivity contribution in [1.29, 1.82) is 0 Å². The van der Waals surface area contributed by atoms with Gasteiger partial charge in [-0.1, -0.05) is 23.8 Å². The third-order valence-electron chi connectivity index (χ3n) is 4.24. The number of sulfonamides is 1. The van der Waals surface area contributed by atoms with Gasteiger partial charge in [0.05, 0.1) is 10.6 Å². The van der Waals surface area contributed by atoms with Crippen molar-refractivity contribution < 1.29 is 26.4 Å². The highest BCUT2D eigenvalue weighted by Gasteiger charge is 2.28. The van der Waals surface area contributed by atoms with Gasteiger partial charge < -0.3 is 5.32 Å². The maximum Gasteiger partial charge on any atom is 0.264 e. The van der Waals surface area contributed by atoms with Crippen LogP contribution in [0.15, 0.2) is 71.6 Å². The Morgan fingerprint density at radius 3 is 2.03 bits per heavy atom. The van der Waals surface area contributed by atoms with Gasteiger partial charge in [-0.25, -0.2) is 21.6 Å². The number of rotatable bonds is 6. The lowest BCUT2D eigenvalue weighted by atomic mass is 10.2. The maximum absolute atomic E-state index is 13.8. The molecule has 0 saturated heterocycles. The Kier molecular flexibility index (Phi) is 6.12. The summed E-state index contributed by atoms with van der Waals surface area (Å²) in [5, 5.41) is 2.05. The summed E-state index contributed by atoms with van der Waals surface area (Å²) in [5.74, 6) is -3.57. The van der Waals surface area contributed by atoms with Crippen LogP contribution >= 0.6 is 0 Å². The fourth-order valence-corrected chi connectivity index (χ4v) is 4.11. The van der Waals surface area contributed by atoms with Gasteiger partial charge in [0.15, 0.2) is 0 Å². The van der Waals surface area contributed by atoms with Crippen molar-refractivity contribution in [2.24, 2.45) is 0 Å². The molecule has 0 unspecified atom stereocenters. The molecule has 1 N–H and O–H groups in total. The summed E-state index contributed by atoms with van der Waals surface area (Å²) in [7, 11) is -4.23. The van der Waals surface area contributed by atoms with E-state index in [1.807, 2.05) is 0 Å². The van der Waals surface area contributed by atoms with E-state index in [4.69, 9.17) is 0 Å². The number of amides is 1. The Hall–Kier alpha value is -3.33. The molecule has 3 rings (SSSR count). The number of aryl methyl sites for hydroxylation is 1. The number of hydrogen-bond donors (Lipinski definition) is 1. The fourth-order valence-electron chi connectivity index (χ4n) is 2.69. The lowest BCUT2D eigenvalue weighted by molar-refractivity contribution is -0.114. The van der Waals surface area contributed by atoms with Gasteiger partial charge in [0, 0.05) is 0 Å². The Morgan fingerprint density at radius 1 is 0.900 bits per heavy atom. The van der Waals surface area contributed by atoms with E-state index < -0.39 is 45.6 Å². The van der Waals surface area contributed by atoms with Crippen LogP contribution in [-0.2, 0) is 14.8 Å². The SMILES string of the molecule is Cc1ccc(S(=O)(=O)N(CC(=O)Nc2c(F)cccc2F)c2ccc(F)cc2)cc1. The molecule has 0 heterocycles. The van der Waals surface area contributed by atoms with Gasteiger partial charge in [0.1, 0.15) is 29.7 Å². The van der Waals surface area contributed by atoms with E-state index in [0.717, 1.165) is 40.2 Å². The van der Waals surface area contributed by atoms with Gasteiger partial charge >= 0.3 is 0 Å². The molecule has 0 radical (unpaired) electrons. The number of para-hydroxylation sites is 1. The number of nitrogens with zero attached hydrogens (tertiary/aromatic N) is 1. The number of hydrogen-bond acceptors (Lipinski definition) is 3. The van der Waals surface area contributed by atoms with E-state index in [2.05, 4.69) is 5.32 Å². The minimum atomic E-state index is -4.23. The first-order valence-electron chi connectivity index (χ1n) is 8.77. The minimum Gasteiger partial charge on any atom is -0.320 e. The van der Waals surface area contributed by atoms with Gasteiger partial charge in [0.2, 0.25) is 5.91 Å². The second kappa shape index (κ2) is 8.58. The highest BCUT2D eigenvalue weighted by atomic mass is 32.2. The van der Waals surface area contributed by atoms with Crippen LogP contribution in [0.4, 0.5) is 24.5 Å². The third-order valence-corrected chi connectivity index (χ3v) is 6.03. The highest BCUT2D eigenvalue weighted by molar-refractivity contribution is 7.92. The summed E-state index contributed by atoms with van der Waals surface area (Å²) in [6, 6.07) is 13.4. The zero-order valence-electron chi connectivity index (χ0n) is 15.8. The molecule has 0 aliphatic heterocycles. The van der Waals surface area contributed by atoms with Gasteiger partial charge in [-0.2, -0.15) is 0 Å². The van der Waals surface area contributed by atoms with Crippen LogP contribution in [0, 0.1) is 24.4 Å². The molecule has 0 aromatic heterocycles. The Labute approximate surface area is 171 Å². The van der Waals surface area contributed by atoms with Crippen LogP contribution in [0.5, 0.6) is 0 Å². The fraction of sp³-hybridized carbons (Fsp3) is 0.0952. The molecule has 5 nitrogen and oxygen atoms in total. The number of halogens is 3. The zero-order valence-corrected chi connectivity index (χ0v) is 16.6. The Morgan fingerprint density at radius 2 is 1.47 bits per heavy atom.